The Morgan fingerprint density at radius 1 is 0.684 bits per heavy atom. The van der Waals surface area contributed by atoms with Crippen molar-refractivity contribution in [2.24, 2.45) is 0 Å². The van der Waals surface area contributed by atoms with Crippen LogP contribution in [-0.4, -0.2) is 10.2 Å². The maximum atomic E-state index is 13.5. The van der Waals surface area contributed by atoms with Gasteiger partial charge in [-0.05, 0) is 65.8 Å². The van der Waals surface area contributed by atoms with Gasteiger partial charge in [-0.15, -0.1) is 0 Å². The molecular formula is C32H30O6. The lowest BCUT2D eigenvalue weighted by molar-refractivity contribution is 0.441. The Morgan fingerprint density at radius 3 is 1.68 bits per heavy atom. The van der Waals surface area contributed by atoms with Crippen molar-refractivity contribution in [3.63, 3.8) is 0 Å². The number of hydrogen-bond donors (Lipinski definition) is 2. The lowest BCUT2D eigenvalue weighted by Crippen LogP contribution is -2.21. The van der Waals surface area contributed by atoms with E-state index in [1.165, 1.54) is 0 Å². The van der Waals surface area contributed by atoms with Gasteiger partial charge in [0.2, 0.25) is 0 Å². The first-order chi connectivity index (χ1) is 18.4. The second-order valence-corrected chi connectivity index (χ2v) is 9.60. The van der Waals surface area contributed by atoms with Crippen LogP contribution in [0.25, 0.3) is 21.9 Å². The van der Waals surface area contributed by atoms with Crippen LogP contribution in [0, 0.1) is 0 Å². The van der Waals surface area contributed by atoms with Gasteiger partial charge in [0.1, 0.15) is 22.7 Å². The van der Waals surface area contributed by atoms with Crippen LogP contribution in [0.5, 0.6) is 11.5 Å². The molecule has 0 bridgehead atoms. The molecule has 0 aliphatic carbocycles. The highest BCUT2D eigenvalue weighted by Crippen LogP contribution is 2.42. The van der Waals surface area contributed by atoms with E-state index in [-0.39, 0.29) is 33.8 Å². The van der Waals surface area contributed by atoms with Gasteiger partial charge < -0.3 is 19.0 Å². The van der Waals surface area contributed by atoms with Gasteiger partial charge >= 0.3 is 11.3 Å². The second kappa shape index (κ2) is 10.2. The fraction of sp³-hybridized carbons (Fsp3) is 0.250. The monoisotopic (exact) mass is 510 g/mol. The normalized spacial score (nSPS) is 11.6. The highest BCUT2D eigenvalue weighted by atomic mass is 16.4. The molecule has 0 aliphatic rings. The average molecular weight is 511 g/mol. The van der Waals surface area contributed by atoms with Crippen LogP contribution < -0.4 is 11.3 Å². The lowest BCUT2D eigenvalue weighted by atomic mass is 9.83. The molecule has 2 aromatic heterocycles. The van der Waals surface area contributed by atoms with Crippen molar-refractivity contribution in [3.8, 4) is 11.5 Å². The molecule has 2 N–H and O–H groups in total. The van der Waals surface area contributed by atoms with Gasteiger partial charge in [-0.1, -0.05) is 63.6 Å². The highest BCUT2D eigenvalue weighted by molar-refractivity contribution is 5.87. The zero-order valence-electron chi connectivity index (χ0n) is 21.7. The van der Waals surface area contributed by atoms with Gasteiger partial charge in [-0.25, -0.2) is 9.59 Å². The lowest BCUT2D eigenvalue weighted by Gasteiger charge is -2.20. The summed E-state index contributed by atoms with van der Waals surface area (Å²) >= 11 is 0. The number of fused-ring (bicyclic) bond motifs is 2. The average Bonchev–Trinajstić information content (AvgIpc) is 2.92. The molecule has 3 aromatic carbocycles. The Morgan fingerprint density at radius 2 is 1.21 bits per heavy atom. The topological polar surface area (TPSA) is 101 Å². The minimum Gasteiger partial charge on any atom is -0.507 e. The van der Waals surface area contributed by atoms with E-state index in [0.717, 1.165) is 42.4 Å². The Hall–Kier alpha value is -4.32. The quantitative estimate of drug-likeness (QED) is 0.240. The van der Waals surface area contributed by atoms with Crippen molar-refractivity contribution >= 4 is 21.9 Å². The molecule has 0 saturated heterocycles. The van der Waals surface area contributed by atoms with E-state index in [2.05, 4.69) is 6.92 Å². The summed E-state index contributed by atoms with van der Waals surface area (Å²) < 4.78 is 11.3. The van der Waals surface area contributed by atoms with Crippen molar-refractivity contribution in [2.45, 2.75) is 52.4 Å². The maximum absolute atomic E-state index is 13.5. The van der Waals surface area contributed by atoms with Crippen LogP contribution >= 0.6 is 0 Å². The number of benzene rings is 3. The molecule has 0 amide bonds. The molecule has 6 nitrogen and oxygen atoms in total. The number of aryl methyl sites for hydroxylation is 3. The summed E-state index contributed by atoms with van der Waals surface area (Å²) in [6, 6.07) is 18.0. The second-order valence-electron chi connectivity index (χ2n) is 9.60. The third-order valence-corrected chi connectivity index (χ3v) is 7.17. The van der Waals surface area contributed by atoms with Crippen LogP contribution in [0.1, 0.15) is 66.5 Å². The largest absolute Gasteiger partial charge is 0.507 e. The fourth-order valence-corrected chi connectivity index (χ4v) is 5.14. The molecule has 6 heteroatoms. The predicted molar refractivity (Wildman–Crippen MR) is 148 cm³/mol. The summed E-state index contributed by atoms with van der Waals surface area (Å²) in [5.41, 5.74) is 2.16. The number of hydrogen-bond acceptors (Lipinski definition) is 6. The molecule has 5 rings (SSSR count). The molecule has 0 radical (unpaired) electrons. The summed E-state index contributed by atoms with van der Waals surface area (Å²) in [7, 11) is 0. The van der Waals surface area contributed by atoms with Gasteiger partial charge in [0.15, 0.2) is 0 Å². The summed E-state index contributed by atoms with van der Waals surface area (Å²) in [5, 5.41) is 23.8. The minimum absolute atomic E-state index is 0.118. The maximum Gasteiger partial charge on any atom is 0.344 e. The van der Waals surface area contributed by atoms with Crippen molar-refractivity contribution in [1.29, 1.82) is 0 Å². The first-order valence-corrected chi connectivity index (χ1v) is 13.0. The molecule has 38 heavy (non-hydrogen) atoms. The Labute approximate surface area is 219 Å². The van der Waals surface area contributed by atoms with E-state index < -0.39 is 17.2 Å². The fourth-order valence-electron chi connectivity index (χ4n) is 5.14. The van der Waals surface area contributed by atoms with Gasteiger partial charge in [0.25, 0.3) is 0 Å². The predicted octanol–water partition coefficient (Wildman–Crippen LogP) is 6.57. The van der Waals surface area contributed by atoms with E-state index in [0.29, 0.717) is 16.3 Å². The van der Waals surface area contributed by atoms with Gasteiger partial charge in [-0.2, -0.15) is 0 Å². The zero-order chi connectivity index (χ0) is 27.0. The molecule has 0 spiro atoms. The number of rotatable bonds is 7. The molecule has 194 valence electrons. The summed E-state index contributed by atoms with van der Waals surface area (Å²) in [5.74, 6) is -1.68. The molecule has 2 heterocycles. The molecule has 5 aromatic rings. The van der Waals surface area contributed by atoms with Gasteiger partial charge in [0.05, 0.1) is 27.8 Å². The molecule has 0 fully saturated rings. The molecule has 0 atom stereocenters. The van der Waals surface area contributed by atoms with Crippen molar-refractivity contribution in [2.75, 3.05) is 0 Å². The highest BCUT2D eigenvalue weighted by Gasteiger charge is 2.32. The third kappa shape index (κ3) is 4.36. The van der Waals surface area contributed by atoms with Crippen LogP contribution in [0.4, 0.5) is 0 Å². The first kappa shape index (κ1) is 25.3. The summed E-state index contributed by atoms with van der Waals surface area (Å²) in [6.07, 6.45) is 3.14. The third-order valence-electron chi connectivity index (χ3n) is 7.17. The van der Waals surface area contributed by atoms with E-state index in [1.807, 2.05) is 44.2 Å². The van der Waals surface area contributed by atoms with Crippen LogP contribution in [0.15, 0.2) is 79.1 Å². The molecule has 0 aliphatic heterocycles. The molecular weight excluding hydrogens is 480 g/mol. The summed E-state index contributed by atoms with van der Waals surface area (Å²) in [4.78, 5) is 26.9. The first-order valence-electron chi connectivity index (χ1n) is 13.0. The number of aromatic hydroxyl groups is 2. The Bertz CT molecular complexity index is 1670. The zero-order valence-corrected chi connectivity index (χ0v) is 21.7. The van der Waals surface area contributed by atoms with Crippen molar-refractivity contribution in [3.05, 3.63) is 115 Å². The van der Waals surface area contributed by atoms with Crippen LogP contribution in [0.2, 0.25) is 0 Å². The standard InChI is InChI=1S/C32H30O6/c1-4-8-20-9-7-10-21(15-20)26(27-29(33)22-16-18(5-2)11-13-24(22)37-31(27)35)28-30(34)23-17-19(6-3)12-14-25(23)38-32(28)36/h7,9-17,26,33-34H,4-6,8H2,1-3H3. The SMILES string of the molecule is CCCc1cccc(C(c2c(O)c3cc(CC)ccc3oc2=O)c2c(O)c3cc(CC)ccc3oc2=O)c1. The van der Waals surface area contributed by atoms with Crippen molar-refractivity contribution < 1.29 is 19.0 Å². The van der Waals surface area contributed by atoms with Gasteiger partial charge in [-0.3, -0.25) is 0 Å². The van der Waals surface area contributed by atoms with Crippen molar-refractivity contribution in [1.82, 2.24) is 0 Å². The minimum atomic E-state index is -1.12. The van der Waals surface area contributed by atoms with Crippen LogP contribution in [0.3, 0.4) is 0 Å². The van der Waals surface area contributed by atoms with E-state index in [4.69, 9.17) is 8.83 Å². The van der Waals surface area contributed by atoms with Crippen LogP contribution in [-0.2, 0) is 19.3 Å². The Balaban J connectivity index is 1.88. The summed E-state index contributed by atoms with van der Waals surface area (Å²) in [6.45, 7) is 6.04. The van der Waals surface area contributed by atoms with E-state index >= 15 is 0 Å². The Kier molecular flexibility index (Phi) is 6.81. The van der Waals surface area contributed by atoms with E-state index in [1.54, 1.807) is 30.3 Å². The van der Waals surface area contributed by atoms with Gasteiger partial charge in [0, 0.05) is 0 Å². The smallest absolute Gasteiger partial charge is 0.344 e. The van der Waals surface area contributed by atoms with E-state index in [9.17, 15) is 19.8 Å². The molecule has 0 saturated carbocycles. The molecule has 0 unspecified atom stereocenters.